The van der Waals surface area contributed by atoms with Crippen molar-refractivity contribution in [2.45, 2.75) is 12.2 Å². The first-order valence-corrected chi connectivity index (χ1v) is 8.49. The van der Waals surface area contributed by atoms with Gasteiger partial charge in [-0.2, -0.15) is 0 Å². The van der Waals surface area contributed by atoms with Crippen LogP contribution in [0.1, 0.15) is 0 Å². The quantitative estimate of drug-likeness (QED) is 0.638. The number of ether oxygens (including phenoxy) is 2. The van der Waals surface area contributed by atoms with Gasteiger partial charge in [-0.1, -0.05) is 0 Å². The second-order valence-corrected chi connectivity index (χ2v) is 6.05. The lowest BCUT2D eigenvalue weighted by atomic mass is 10.2. The Labute approximate surface area is 155 Å². The average Bonchev–Trinajstić information content (AvgIpc) is 3.07. The van der Waals surface area contributed by atoms with Crippen molar-refractivity contribution in [1.29, 1.82) is 0 Å². The number of cyclic esters (lactones) is 1. The zero-order valence-electron chi connectivity index (χ0n) is 14.5. The van der Waals surface area contributed by atoms with Gasteiger partial charge in [-0.25, -0.2) is 9.18 Å². The van der Waals surface area contributed by atoms with Crippen molar-refractivity contribution in [3.63, 3.8) is 0 Å². The largest absolute Gasteiger partial charge is 0.488 e. The number of halogens is 1. The van der Waals surface area contributed by atoms with Crippen LogP contribution in [-0.2, 0) is 4.74 Å². The van der Waals surface area contributed by atoms with Crippen LogP contribution in [0.25, 0.3) is 0 Å². The molecule has 1 unspecified atom stereocenters. The predicted molar refractivity (Wildman–Crippen MR) is 97.3 cm³/mol. The molecule has 1 saturated heterocycles. The summed E-state index contributed by atoms with van der Waals surface area (Å²) in [5, 5.41) is 13.0. The highest BCUT2D eigenvalue weighted by Crippen LogP contribution is 2.27. The number of aliphatic hydroxyl groups is 1. The number of hydrogen-bond acceptors (Lipinski definition) is 7. The fourth-order valence-electron chi connectivity index (χ4n) is 2.58. The Morgan fingerprint density at radius 2 is 2.19 bits per heavy atom. The number of anilines is 2. The van der Waals surface area contributed by atoms with Gasteiger partial charge in [0.05, 0.1) is 12.2 Å². The molecule has 8 nitrogen and oxygen atoms in total. The van der Waals surface area contributed by atoms with Crippen LogP contribution in [0.4, 0.5) is 20.6 Å². The van der Waals surface area contributed by atoms with E-state index < -0.39 is 24.1 Å². The molecule has 0 radical (unpaired) electrons. The number of nitrogens with zero attached hydrogens (tertiary/aromatic N) is 2. The second kappa shape index (κ2) is 8.65. The minimum atomic E-state index is -0.837. The van der Waals surface area contributed by atoms with Crippen LogP contribution in [0.3, 0.4) is 0 Å². The Morgan fingerprint density at radius 3 is 2.85 bits per heavy atom. The summed E-state index contributed by atoms with van der Waals surface area (Å²) >= 11 is 0. The molecule has 0 saturated carbocycles. The summed E-state index contributed by atoms with van der Waals surface area (Å²) in [4.78, 5) is 17.0. The third-order valence-corrected chi connectivity index (χ3v) is 4.02. The lowest BCUT2D eigenvalue weighted by Crippen LogP contribution is -2.27. The van der Waals surface area contributed by atoms with Gasteiger partial charge in [0.1, 0.15) is 18.8 Å². The molecule has 1 fully saturated rings. The lowest BCUT2D eigenvalue weighted by molar-refractivity contribution is 0.115. The number of aromatic nitrogens is 1. The summed E-state index contributed by atoms with van der Waals surface area (Å²) in [5.74, 6) is -0.643. The summed E-state index contributed by atoms with van der Waals surface area (Å²) in [6, 6.07) is 7.70. The first-order valence-electron chi connectivity index (χ1n) is 8.49. The Hall–Kier alpha value is -2.91. The molecular formula is C18H21FN4O4. The number of carbonyl (C=O) groups is 1. The van der Waals surface area contributed by atoms with E-state index in [2.05, 4.69) is 10.3 Å². The van der Waals surface area contributed by atoms with E-state index in [9.17, 15) is 14.3 Å². The highest BCUT2D eigenvalue weighted by atomic mass is 19.1. The van der Waals surface area contributed by atoms with Gasteiger partial charge < -0.3 is 25.6 Å². The Morgan fingerprint density at radius 1 is 1.41 bits per heavy atom. The highest BCUT2D eigenvalue weighted by Gasteiger charge is 2.31. The van der Waals surface area contributed by atoms with Crippen molar-refractivity contribution in [2.24, 2.45) is 5.73 Å². The van der Waals surface area contributed by atoms with Crippen LogP contribution in [-0.4, -0.2) is 54.6 Å². The molecule has 4 N–H and O–H groups in total. The number of carbonyl (C=O) groups excluding carboxylic acids is 1. The van der Waals surface area contributed by atoms with Crippen molar-refractivity contribution < 1.29 is 23.8 Å². The molecular weight excluding hydrogens is 355 g/mol. The molecule has 0 aliphatic carbocycles. The van der Waals surface area contributed by atoms with Crippen LogP contribution in [0.15, 0.2) is 42.7 Å². The van der Waals surface area contributed by atoms with Crippen LogP contribution < -0.4 is 20.7 Å². The fourth-order valence-corrected chi connectivity index (χ4v) is 2.58. The van der Waals surface area contributed by atoms with Crippen LogP contribution in [0.2, 0.25) is 0 Å². The number of nitrogens with two attached hydrogens (primary N) is 1. The van der Waals surface area contributed by atoms with Crippen LogP contribution in [0.5, 0.6) is 5.75 Å². The molecule has 9 heteroatoms. The first-order chi connectivity index (χ1) is 13.1. The predicted octanol–water partition coefficient (Wildman–Crippen LogP) is 1.36. The molecule has 1 aliphatic heterocycles. The fraction of sp³-hybridized carbons (Fsp3) is 0.333. The monoisotopic (exact) mass is 376 g/mol. The van der Waals surface area contributed by atoms with Gasteiger partial charge in [0.15, 0.2) is 11.6 Å². The zero-order chi connectivity index (χ0) is 19.2. The minimum Gasteiger partial charge on any atom is -0.488 e. The molecule has 3 rings (SSSR count). The molecule has 2 atom stereocenters. The number of pyridine rings is 1. The normalized spacial score (nSPS) is 17.5. The van der Waals surface area contributed by atoms with Gasteiger partial charge in [0.2, 0.25) is 0 Å². The topological polar surface area (TPSA) is 110 Å². The highest BCUT2D eigenvalue weighted by molar-refractivity contribution is 5.89. The summed E-state index contributed by atoms with van der Waals surface area (Å²) in [7, 11) is 0. The molecule has 0 spiro atoms. The molecule has 1 aromatic carbocycles. The minimum absolute atomic E-state index is 0.00958. The van der Waals surface area contributed by atoms with Gasteiger partial charge in [-0.3, -0.25) is 9.88 Å². The van der Waals surface area contributed by atoms with E-state index in [0.717, 1.165) is 5.69 Å². The molecule has 1 aliphatic rings. The summed E-state index contributed by atoms with van der Waals surface area (Å²) in [6.45, 7) is 0.630. The maximum Gasteiger partial charge on any atom is 0.414 e. The van der Waals surface area contributed by atoms with E-state index in [0.29, 0.717) is 5.69 Å². The van der Waals surface area contributed by atoms with Crippen molar-refractivity contribution >= 4 is 17.5 Å². The number of benzene rings is 1. The van der Waals surface area contributed by atoms with E-state index in [-0.39, 0.29) is 32.0 Å². The molecule has 144 valence electrons. The Kier molecular flexibility index (Phi) is 6.05. The van der Waals surface area contributed by atoms with Gasteiger partial charge in [-0.15, -0.1) is 0 Å². The van der Waals surface area contributed by atoms with Gasteiger partial charge in [0, 0.05) is 37.2 Å². The molecule has 2 aromatic rings. The van der Waals surface area contributed by atoms with Gasteiger partial charge in [-0.05, 0) is 24.3 Å². The maximum absolute atomic E-state index is 14.3. The summed E-state index contributed by atoms with van der Waals surface area (Å²) in [6.07, 6.45) is 1.47. The van der Waals surface area contributed by atoms with Crippen molar-refractivity contribution in [1.82, 2.24) is 4.98 Å². The van der Waals surface area contributed by atoms with Crippen LogP contribution in [0, 0.1) is 5.82 Å². The molecule has 1 aromatic heterocycles. The lowest BCUT2D eigenvalue weighted by Gasteiger charge is -2.16. The molecule has 27 heavy (non-hydrogen) atoms. The number of nitrogens with one attached hydrogen (secondary N) is 1. The number of rotatable bonds is 8. The maximum atomic E-state index is 14.3. The third kappa shape index (κ3) is 4.83. The summed E-state index contributed by atoms with van der Waals surface area (Å²) in [5.41, 5.74) is 6.66. The average molecular weight is 376 g/mol. The van der Waals surface area contributed by atoms with Crippen molar-refractivity contribution in [3.05, 3.63) is 48.5 Å². The van der Waals surface area contributed by atoms with Gasteiger partial charge >= 0.3 is 6.09 Å². The number of hydrogen-bond donors (Lipinski definition) is 3. The summed E-state index contributed by atoms with van der Waals surface area (Å²) < 4.78 is 24.7. The molecule has 1 amide bonds. The Balaban J connectivity index is 1.53. The third-order valence-electron chi connectivity index (χ3n) is 4.02. The Bertz CT molecular complexity index is 777. The van der Waals surface area contributed by atoms with Crippen molar-refractivity contribution in [3.8, 4) is 5.75 Å². The second-order valence-electron chi connectivity index (χ2n) is 6.05. The standard InChI is InChI=1S/C18H21FN4O4/c19-16-7-13(23-10-15(8-20)27-18(23)25)1-2-17(16)26-11-14(24)9-22-12-3-5-21-6-4-12/h1-7,14-15,24H,8-11,20H2,(H,21,22)/t14?,15-/m1/s1. The first kappa shape index (κ1) is 18.9. The molecule has 0 bridgehead atoms. The van der Waals surface area contributed by atoms with Crippen molar-refractivity contribution in [2.75, 3.05) is 36.5 Å². The smallest absolute Gasteiger partial charge is 0.414 e. The van der Waals surface area contributed by atoms with E-state index in [1.807, 2.05) is 0 Å². The van der Waals surface area contributed by atoms with E-state index >= 15 is 0 Å². The van der Waals surface area contributed by atoms with E-state index in [4.69, 9.17) is 15.2 Å². The van der Waals surface area contributed by atoms with Gasteiger partial charge in [0.25, 0.3) is 0 Å². The SMILES string of the molecule is NC[C@@H]1CN(c2ccc(OCC(O)CNc3ccncc3)c(F)c2)C(=O)O1. The van der Waals surface area contributed by atoms with E-state index in [1.54, 1.807) is 30.6 Å². The van der Waals surface area contributed by atoms with Crippen LogP contribution >= 0.6 is 0 Å². The zero-order valence-corrected chi connectivity index (χ0v) is 14.5. The molecule has 2 heterocycles. The number of aliphatic hydroxyl groups excluding tert-OH is 1. The number of amides is 1. The van der Waals surface area contributed by atoms with E-state index in [1.165, 1.54) is 17.0 Å².